The van der Waals surface area contributed by atoms with E-state index in [0.29, 0.717) is 59.0 Å². The second-order valence-electron chi connectivity index (χ2n) is 7.79. The number of benzene rings is 2. The molecule has 1 aliphatic rings. The fraction of sp³-hybridized carbons (Fsp3) is 0.208. The minimum absolute atomic E-state index is 0.319. The molecule has 1 aliphatic heterocycles. The first kappa shape index (κ1) is 24.3. The van der Waals surface area contributed by atoms with Gasteiger partial charge in [0.15, 0.2) is 0 Å². The van der Waals surface area contributed by atoms with Crippen molar-refractivity contribution in [2.45, 2.75) is 0 Å². The van der Waals surface area contributed by atoms with E-state index in [2.05, 4.69) is 10.2 Å². The third kappa shape index (κ3) is 5.64. The number of halogens is 2. The van der Waals surface area contributed by atoms with Crippen LogP contribution in [0.4, 0.5) is 11.4 Å². The van der Waals surface area contributed by atoms with E-state index >= 15 is 0 Å². The number of para-hydroxylation sites is 2. The van der Waals surface area contributed by atoms with Crippen molar-refractivity contribution >= 4 is 56.6 Å². The molecule has 10 heteroatoms. The second kappa shape index (κ2) is 10.2. The molecule has 4 rings (SSSR count). The molecule has 178 valence electrons. The Morgan fingerprint density at radius 3 is 2.47 bits per heavy atom. The zero-order valence-electron chi connectivity index (χ0n) is 18.4. The highest BCUT2D eigenvalue weighted by Crippen LogP contribution is 2.34. The maximum absolute atomic E-state index is 12.6. The lowest BCUT2D eigenvalue weighted by atomic mass is 10.2. The highest BCUT2D eigenvalue weighted by atomic mass is 35.5. The third-order valence-corrected chi connectivity index (χ3v) is 7.58. The Hall–Kier alpha value is -2.78. The maximum Gasteiger partial charge on any atom is 0.248 e. The molecule has 0 atom stereocenters. The maximum atomic E-state index is 12.6. The summed E-state index contributed by atoms with van der Waals surface area (Å²) in [6, 6.07) is 16.2. The van der Waals surface area contributed by atoms with Gasteiger partial charge in [0.05, 0.1) is 27.7 Å². The molecule has 0 aliphatic carbocycles. The van der Waals surface area contributed by atoms with E-state index in [-0.39, 0.29) is 5.91 Å². The smallest absolute Gasteiger partial charge is 0.248 e. The van der Waals surface area contributed by atoms with Crippen LogP contribution >= 0.6 is 23.2 Å². The van der Waals surface area contributed by atoms with Crippen molar-refractivity contribution in [3.8, 4) is 11.3 Å². The number of sulfonamides is 1. The van der Waals surface area contributed by atoms with Crippen LogP contribution in [0.1, 0.15) is 5.76 Å². The molecule has 2 aromatic carbocycles. The van der Waals surface area contributed by atoms with Crippen LogP contribution in [-0.4, -0.2) is 51.1 Å². The molecule has 0 saturated carbocycles. The molecule has 1 saturated heterocycles. The van der Waals surface area contributed by atoms with Crippen LogP contribution in [0.3, 0.4) is 0 Å². The first-order chi connectivity index (χ1) is 16.2. The number of furan rings is 1. The van der Waals surface area contributed by atoms with E-state index in [1.807, 2.05) is 24.3 Å². The minimum Gasteiger partial charge on any atom is -0.457 e. The number of piperazine rings is 1. The molecule has 1 aromatic heterocycles. The van der Waals surface area contributed by atoms with Gasteiger partial charge in [-0.25, -0.2) is 8.42 Å². The summed E-state index contributed by atoms with van der Waals surface area (Å²) in [5.41, 5.74) is 2.16. The summed E-state index contributed by atoms with van der Waals surface area (Å²) in [5.74, 6) is 0.721. The van der Waals surface area contributed by atoms with Gasteiger partial charge >= 0.3 is 0 Å². The monoisotopic (exact) mass is 519 g/mol. The van der Waals surface area contributed by atoms with Crippen LogP contribution in [0.5, 0.6) is 0 Å². The summed E-state index contributed by atoms with van der Waals surface area (Å²) < 4.78 is 30.8. The minimum atomic E-state index is -3.21. The first-order valence-electron chi connectivity index (χ1n) is 10.5. The Bertz CT molecular complexity index is 1330. The molecule has 1 N–H and O–H groups in total. The third-order valence-electron chi connectivity index (χ3n) is 5.45. The fourth-order valence-electron chi connectivity index (χ4n) is 3.73. The molecule has 0 radical (unpaired) electrons. The highest BCUT2D eigenvalue weighted by molar-refractivity contribution is 7.88. The number of carbonyl (C=O) groups is 1. The lowest BCUT2D eigenvalue weighted by Gasteiger charge is -2.35. The van der Waals surface area contributed by atoms with E-state index < -0.39 is 10.0 Å². The molecule has 34 heavy (non-hydrogen) atoms. The van der Waals surface area contributed by atoms with Crippen LogP contribution in [0.25, 0.3) is 17.4 Å². The number of nitrogens with one attached hydrogen (secondary N) is 1. The summed E-state index contributed by atoms with van der Waals surface area (Å²) in [7, 11) is -3.21. The lowest BCUT2D eigenvalue weighted by Crippen LogP contribution is -2.48. The van der Waals surface area contributed by atoms with Crippen LogP contribution in [-0.2, 0) is 14.8 Å². The van der Waals surface area contributed by atoms with Gasteiger partial charge in [-0.3, -0.25) is 4.79 Å². The summed E-state index contributed by atoms with van der Waals surface area (Å²) in [5, 5.41) is 3.73. The number of anilines is 2. The SMILES string of the molecule is CS(=O)(=O)N1CCN(c2ccccc2NC(=O)C=Cc2ccc(-c3cccc(Cl)c3Cl)o2)CC1. The van der Waals surface area contributed by atoms with Crippen LogP contribution < -0.4 is 10.2 Å². The predicted molar refractivity (Wildman–Crippen MR) is 137 cm³/mol. The number of nitrogens with zero attached hydrogens (tertiary/aromatic N) is 2. The van der Waals surface area contributed by atoms with Gasteiger partial charge in [0, 0.05) is 37.8 Å². The second-order valence-corrected chi connectivity index (χ2v) is 10.6. The predicted octanol–water partition coefficient (Wildman–Crippen LogP) is 4.99. The van der Waals surface area contributed by atoms with Crippen molar-refractivity contribution in [3.05, 3.63) is 76.5 Å². The molecule has 0 bridgehead atoms. The quantitative estimate of drug-likeness (QED) is 0.464. The van der Waals surface area contributed by atoms with E-state index in [4.69, 9.17) is 27.6 Å². The lowest BCUT2D eigenvalue weighted by molar-refractivity contribution is -0.111. The van der Waals surface area contributed by atoms with Gasteiger partial charge in [-0.1, -0.05) is 41.4 Å². The van der Waals surface area contributed by atoms with Crippen molar-refractivity contribution in [3.63, 3.8) is 0 Å². The fourth-order valence-corrected chi connectivity index (χ4v) is 4.95. The van der Waals surface area contributed by atoms with Crippen molar-refractivity contribution in [1.82, 2.24) is 4.31 Å². The van der Waals surface area contributed by atoms with E-state index in [1.165, 1.54) is 16.6 Å². The summed E-state index contributed by atoms with van der Waals surface area (Å²) in [4.78, 5) is 14.7. The average Bonchev–Trinajstić information content (AvgIpc) is 3.28. The molecule has 0 unspecified atom stereocenters. The van der Waals surface area contributed by atoms with E-state index in [0.717, 1.165) is 5.69 Å². The molecule has 0 spiro atoms. The Morgan fingerprint density at radius 1 is 1.00 bits per heavy atom. The summed E-state index contributed by atoms with van der Waals surface area (Å²) in [6.45, 7) is 1.88. The van der Waals surface area contributed by atoms with Gasteiger partial charge in [-0.05, 0) is 42.5 Å². The van der Waals surface area contributed by atoms with E-state index in [1.54, 1.807) is 36.4 Å². The van der Waals surface area contributed by atoms with Crippen molar-refractivity contribution < 1.29 is 17.6 Å². The van der Waals surface area contributed by atoms with Crippen molar-refractivity contribution in [2.24, 2.45) is 0 Å². The zero-order valence-corrected chi connectivity index (χ0v) is 20.7. The molecule has 7 nitrogen and oxygen atoms in total. The molecule has 1 amide bonds. The Labute approximate surface area is 208 Å². The molecular formula is C24H23Cl2N3O4S. The van der Waals surface area contributed by atoms with Gasteiger partial charge in [0.25, 0.3) is 0 Å². The number of rotatable bonds is 6. The number of carbonyl (C=O) groups excluding carboxylic acids is 1. The van der Waals surface area contributed by atoms with Crippen LogP contribution in [0.15, 0.2) is 65.1 Å². The Morgan fingerprint density at radius 2 is 1.74 bits per heavy atom. The number of hydrogen-bond acceptors (Lipinski definition) is 5. The topological polar surface area (TPSA) is 82.9 Å². The number of amides is 1. The highest BCUT2D eigenvalue weighted by Gasteiger charge is 2.24. The Balaban J connectivity index is 1.43. The normalized spacial score (nSPS) is 15.1. The van der Waals surface area contributed by atoms with Gasteiger partial charge in [-0.15, -0.1) is 0 Å². The van der Waals surface area contributed by atoms with Crippen LogP contribution in [0.2, 0.25) is 10.0 Å². The average molecular weight is 520 g/mol. The van der Waals surface area contributed by atoms with Crippen molar-refractivity contribution in [2.75, 3.05) is 42.7 Å². The summed E-state index contributed by atoms with van der Waals surface area (Å²) >= 11 is 12.3. The molecule has 3 aromatic rings. The largest absolute Gasteiger partial charge is 0.457 e. The number of hydrogen-bond donors (Lipinski definition) is 1. The van der Waals surface area contributed by atoms with E-state index in [9.17, 15) is 13.2 Å². The zero-order chi connectivity index (χ0) is 24.3. The van der Waals surface area contributed by atoms with Crippen molar-refractivity contribution in [1.29, 1.82) is 0 Å². The molecular weight excluding hydrogens is 497 g/mol. The molecule has 1 fully saturated rings. The Kier molecular flexibility index (Phi) is 7.33. The van der Waals surface area contributed by atoms with Gasteiger partial charge < -0.3 is 14.6 Å². The molecule has 2 heterocycles. The first-order valence-corrected chi connectivity index (χ1v) is 13.1. The summed E-state index contributed by atoms with van der Waals surface area (Å²) in [6.07, 6.45) is 4.18. The van der Waals surface area contributed by atoms with Gasteiger partial charge in [0.1, 0.15) is 11.5 Å². The van der Waals surface area contributed by atoms with Gasteiger partial charge in [0.2, 0.25) is 15.9 Å². The standard InChI is InChI=1S/C24H23Cl2N3O4S/c1-34(31,32)29-15-13-28(14-16-29)21-8-3-2-7-20(21)27-23(30)12-10-17-9-11-22(33-17)18-5-4-6-19(25)24(18)26/h2-12H,13-16H2,1H3,(H,27,30). The van der Waals surface area contributed by atoms with Gasteiger partial charge in [-0.2, -0.15) is 4.31 Å². The van der Waals surface area contributed by atoms with Crippen LogP contribution in [0, 0.1) is 0 Å².